The highest BCUT2D eigenvalue weighted by atomic mass is 32.2. The fraction of sp³-hybridized carbons (Fsp3) is 0.455. The van der Waals surface area contributed by atoms with E-state index >= 15 is 0 Å². The minimum absolute atomic E-state index is 0.282. The molecule has 0 saturated carbocycles. The van der Waals surface area contributed by atoms with Crippen LogP contribution in [0, 0.1) is 5.82 Å². The van der Waals surface area contributed by atoms with Gasteiger partial charge in [0.25, 0.3) is 0 Å². The van der Waals surface area contributed by atoms with Crippen LogP contribution >= 0.6 is 11.8 Å². The van der Waals surface area contributed by atoms with E-state index in [0.717, 1.165) is 10.6 Å². The minimum atomic E-state index is -0.685. The number of benzene rings is 1. The average molecular weight is 229 g/mol. The smallest absolute Gasteiger partial charge is 0.124 e. The van der Waals surface area contributed by atoms with Crippen molar-refractivity contribution in [2.75, 3.05) is 11.5 Å². The lowest BCUT2D eigenvalue weighted by molar-refractivity contribution is 0.0778. The van der Waals surface area contributed by atoms with E-state index < -0.39 is 5.60 Å². The van der Waals surface area contributed by atoms with Gasteiger partial charge in [-0.25, -0.2) is 4.39 Å². The van der Waals surface area contributed by atoms with Crippen LogP contribution in [0.5, 0.6) is 0 Å². The van der Waals surface area contributed by atoms with E-state index in [4.69, 9.17) is 5.73 Å². The highest BCUT2D eigenvalue weighted by molar-refractivity contribution is 7.99. The molecule has 0 unspecified atom stereocenters. The fourth-order valence-corrected chi connectivity index (χ4v) is 2.30. The first-order chi connectivity index (χ1) is 6.88. The fourth-order valence-electron chi connectivity index (χ4n) is 1.04. The zero-order chi connectivity index (χ0) is 11.5. The maximum atomic E-state index is 12.9. The van der Waals surface area contributed by atoms with E-state index in [-0.39, 0.29) is 5.82 Å². The molecule has 4 heteroatoms. The summed E-state index contributed by atoms with van der Waals surface area (Å²) in [5.74, 6) is 0.437. The molecule has 0 amide bonds. The van der Waals surface area contributed by atoms with E-state index in [1.165, 1.54) is 23.9 Å². The van der Waals surface area contributed by atoms with Gasteiger partial charge in [0.05, 0.1) is 5.60 Å². The van der Waals surface area contributed by atoms with Crippen LogP contribution in [0.2, 0.25) is 0 Å². The highest BCUT2D eigenvalue weighted by Crippen LogP contribution is 2.27. The average Bonchev–Trinajstić information content (AvgIpc) is 2.09. The van der Waals surface area contributed by atoms with Gasteiger partial charge in [-0.3, -0.25) is 0 Å². The van der Waals surface area contributed by atoms with E-state index in [9.17, 15) is 9.50 Å². The van der Waals surface area contributed by atoms with Crippen LogP contribution in [0.1, 0.15) is 20.3 Å². The van der Waals surface area contributed by atoms with Crippen molar-refractivity contribution in [2.24, 2.45) is 0 Å². The van der Waals surface area contributed by atoms with Gasteiger partial charge in [-0.2, -0.15) is 0 Å². The summed E-state index contributed by atoms with van der Waals surface area (Å²) < 4.78 is 12.9. The number of nitrogens with two attached hydrogens (primary N) is 1. The summed E-state index contributed by atoms with van der Waals surface area (Å²) >= 11 is 1.46. The lowest BCUT2D eigenvalue weighted by atomic mass is 10.1. The summed E-state index contributed by atoms with van der Waals surface area (Å²) in [4.78, 5) is 0.735. The van der Waals surface area contributed by atoms with Crippen LogP contribution < -0.4 is 5.73 Å². The first kappa shape index (κ1) is 12.3. The van der Waals surface area contributed by atoms with Crippen LogP contribution in [-0.2, 0) is 0 Å². The predicted molar refractivity (Wildman–Crippen MR) is 62.5 cm³/mol. The van der Waals surface area contributed by atoms with Gasteiger partial charge in [-0.15, -0.1) is 11.8 Å². The van der Waals surface area contributed by atoms with Crippen molar-refractivity contribution in [3.8, 4) is 0 Å². The summed E-state index contributed by atoms with van der Waals surface area (Å²) in [5.41, 5.74) is 5.58. The van der Waals surface area contributed by atoms with Gasteiger partial charge in [-0.1, -0.05) is 0 Å². The summed E-state index contributed by atoms with van der Waals surface area (Å²) in [5, 5.41) is 9.50. The number of halogens is 1. The molecule has 15 heavy (non-hydrogen) atoms. The molecule has 0 atom stereocenters. The molecule has 0 aliphatic carbocycles. The van der Waals surface area contributed by atoms with Crippen molar-refractivity contribution < 1.29 is 9.50 Å². The Balaban J connectivity index is 2.54. The van der Waals surface area contributed by atoms with Crippen molar-refractivity contribution in [2.45, 2.75) is 30.8 Å². The Morgan fingerprint density at radius 1 is 1.47 bits per heavy atom. The highest BCUT2D eigenvalue weighted by Gasteiger charge is 2.12. The van der Waals surface area contributed by atoms with E-state index in [0.29, 0.717) is 12.1 Å². The molecule has 0 aliphatic heterocycles. The number of aliphatic hydroxyl groups is 1. The van der Waals surface area contributed by atoms with Gasteiger partial charge in [0.15, 0.2) is 0 Å². The van der Waals surface area contributed by atoms with Gasteiger partial charge >= 0.3 is 0 Å². The lowest BCUT2D eigenvalue weighted by Crippen LogP contribution is -2.19. The Morgan fingerprint density at radius 2 is 2.13 bits per heavy atom. The molecular formula is C11H16FNOS. The lowest BCUT2D eigenvalue weighted by Gasteiger charge is -2.16. The number of anilines is 1. The third-order valence-electron chi connectivity index (χ3n) is 1.95. The quantitative estimate of drug-likeness (QED) is 0.616. The van der Waals surface area contributed by atoms with Crippen LogP contribution in [0.15, 0.2) is 23.1 Å². The Kier molecular flexibility index (Phi) is 3.99. The third kappa shape index (κ3) is 4.53. The zero-order valence-corrected chi connectivity index (χ0v) is 9.77. The molecule has 0 spiro atoms. The number of hydrogen-bond donors (Lipinski definition) is 2. The maximum absolute atomic E-state index is 12.9. The summed E-state index contributed by atoms with van der Waals surface area (Å²) in [7, 11) is 0. The largest absolute Gasteiger partial charge is 0.398 e. The molecule has 0 bridgehead atoms. The van der Waals surface area contributed by atoms with Gasteiger partial charge in [-0.05, 0) is 38.5 Å². The van der Waals surface area contributed by atoms with E-state index in [2.05, 4.69) is 0 Å². The Hall–Kier alpha value is -0.740. The van der Waals surface area contributed by atoms with Crippen molar-refractivity contribution in [1.82, 2.24) is 0 Å². The van der Waals surface area contributed by atoms with Crippen molar-refractivity contribution in [3.63, 3.8) is 0 Å². The Bertz CT molecular complexity index is 336. The van der Waals surface area contributed by atoms with Crippen LogP contribution in [0.25, 0.3) is 0 Å². The molecule has 0 radical (unpaired) electrons. The second-order valence-electron chi connectivity index (χ2n) is 4.09. The molecule has 0 aliphatic rings. The van der Waals surface area contributed by atoms with Crippen molar-refractivity contribution in [1.29, 1.82) is 0 Å². The van der Waals surface area contributed by atoms with Crippen LogP contribution in [0.3, 0.4) is 0 Å². The zero-order valence-electron chi connectivity index (χ0n) is 8.96. The van der Waals surface area contributed by atoms with Crippen molar-refractivity contribution in [3.05, 3.63) is 24.0 Å². The van der Waals surface area contributed by atoms with Gasteiger partial charge in [0, 0.05) is 16.3 Å². The minimum Gasteiger partial charge on any atom is -0.398 e. The molecular weight excluding hydrogens is 213 g/mol. The molecule has 0 fully saturated rings. The monoisotopic (exact) mass is 229 g/mol. The molecule has 3 N–H and O–H groups in total. The maximum Gasteiger partial charge on any atom is 0.124 e. The molecule has 1 aromatic carbocycles. The number of rotatable bonds is 4. The molecule has 1 aromatic rings. The SMILES string of the molecule is CC(C)(O)CCSc1cc(F)ccc1N. The van der Waals surface area contributed by atoms with Gasteiger partial charge < -0.3 is 10.8 Å². The summed E-state index contributed by atoms with van der Waals surface area (Å²) in [6, 6.07) is 4.32. The Morgan fingerprint density at radius 3 is 2.73 bits per heavy atom. The standard InChI is InChI=1S/C11H16FNOS/c1-11(2,14)5-6-15-10-7-8(12)3-4-9(10)13/h3-4,7,14H,5-6,13H2,1-2H3. The number of nitrogen functional groups attached to an aromatic ring is 1. The van der Waals surface area contributed by atoms with E-state index in [1.807, 2.05) is 0 Å². The summed E-state index contributed by atoms with van der Waals surface area (Å²) in [6.45, 7) is 3.50. The second kappa shape index (κ2) is 4.86. The topological polar surface area (TPSA) is 46.2 Å². The predicted octanol–water partition coefficient (Wildman–Crippen LogP) is 2.66. The van der Waals surface area contributed by atoms with Crippen LogP contribution in [-0.4, -0.2) is 16.5 Å². The molecule has 0 saturated heterocycles. The van der Waals surface area contributed by atoms with E-state index in [1.54, 1.807) is 19.9 Å². The summed E-state index contributed by atoms with van der Waals surface area (Å²) in [6.07, 6.45) is 0.646. The molecule has 0 heterocycles. The molecule has 2 nitrogen and oxygen atoms in total. The van der Waals surface area contributed by atoms with Gasteiger partial charge in [0.2, 0.25) is 0 Å². The molecule has 84 valence electrons. The first-order valence-corrected chi connectivity index (χ1v) is 5.77. The third-order valence-corrected chi connectivity index (χ3v) is 3.02. The van der Waals surface area contributed by atoms with Gasteiger partial charge in [0.1, 0.15) is 5.82 Å². The Labute approximate surface area is 93.7 Å². The van der Waals surface area contributed by atoms with Crippen LogP contribution in [0.4, 0.5) is 10.1 Å². The first-order valence-electron chi connectivity index (χ1n) is 4.79. The second-order valence-corrected chi connectivity index (χ2v) is 5.23. The normalized spacial score (nSPS) is 11.7. The number of hydrogen-bond acceptors (Lipinski definition) is 3. The number of thioether (sulfide) groups is 1. The molecule has 1 rings (SSSR count). The molecule has 0 aromatic heterocycles. The van der Waals surface area contributed by atoms with Crippen molar-refractivity contribution >= 4 is 17.4 Å².